The standard InChI is InChI=1S/C13H16N2/c14-7-10-5-9(10)6-11-8-15-13-4-2-1-3-12(11)13/h1-4,8-10,15H,5-7,14H2/t9-,10-/m0/s1. The second kappa shape index (κ2) is 3.38. The van der Waals surface area contributed by atoms with Gasteiger partial charge in [-0.3, -0.25) is 0 Å². The molecule has 1 aromatic carbocycles. The van der Waals surface area contributed by atoms with Crippen molar-refractivity contribution in [1.82, 2.24) is 4.98 Å². The lowest BCUT2D eigenvalue weighted by Gasteiger charge is -1.97. The summed E-state index contributed by atoms with van der Waals surface area (Å²) in [6.07, 6.45) is 4.65. The van der Waals surface area contributed by atoms with Crippen LogP contribution in [-0.4, -0.2) is 11.5 Å². The van der Waals surface area contributed by atoms with Gasteiger partial charge in [-0.15, -0.1) is 0 Å². The molecular weight excluding hydrogens is 184 g/mol. The first-order chi connectivity index (χ1) is 7.38. The van der Waals surface area contributed by atoms with Gasteiger partial charge in [-0.1, -0.05) is 18.2 Å². The SMILES string of the molecule is NC[C@@H]1C[C@H]1Cc1c[nH]c2ccccc12. The number of nitrogens with one attached hydrogen (secondary N) is 1. The molecule has 3 rings (SSSR count). The minimum Gasteiger partial charge on any atom is -0.361 e. The van der Waals surface area contributed by atoms with Crippen LogP contribution in [0.4, 0.5) is 0 Å². The number of benzene rings is 1. The van der Waals surface area contributed by atoms with Crippen LogP contribution >= 0.6 is 0 Å². The fourth-order valence-corrected chi connectivity index (χ4v) is 2.43. The molecule has 1 heterocycles. The fourth-order valence-electron chi connectivity index (χ4n) is 2.43. The molecule has 3 N–H and O–H groups in total. The molecule has 2 aromatic rings. The van der Waals surface area contributed by atoms with E-state index in [2.05, 4.69) is 35.4 Å². The summed E-state index contributed by atoms with van der Waals surface area (Å²) in [6.45, 7) is 0.854. The fraction of sp³-hybridized carbons (Fsp3) is 0.385. The maximum atomic E-state index is 5.66. The van der Waals surface area contributed by atoms with Crippen LogP contribution in [0, 0.1) is 11.8 Å². The zero-order valence-corrected chi connectivity index (χ0v) is 8.74. The molecule has 1 aliphatic rings. The predicted molar refractivity (Wildman–Crippen MR) is 62.7 cm³/mol. The van der Waals surface area contributed by atoms with Crippen molar-refractivity contribution in [2.75, 3.05) is 6.54 Å². The van der Waals surface area contributed by atoms with E-state index in [-0.39, 0.29) is 0 Å². The van der Waals surface area contributed by atoms with Gasteiger partial charge in [0.1, 0.15) is 0 Å². The number of fused-ring (bicyclic) bond motifs is 1. The molecule has 0 aliphatic heterocycles. The lowest BCUT2D eigenvalue weighted by atomic mass is 10.1. The third-order valence-electron chi connectivity index (χ3n) is 3.53. The molecule has 2 atom stereocenters. The van der Waals surface area contributed by atoms with Crippen molar-refractivity contribution in [1.29, 1.82) is 0 Å². The normalized spacial score (nSPS) is 24.6. The van der Waals surface area contributed by atoms with Crippen LogP contribution in [0.25, 0.3) is 10.9 Å². The van der Waals surface area contributed by atoms with Crippen molar-refractivity contribution in [3.63, 3.8) is 0 Å². The molecule has 1 fully saturated rings. The van der Waals surface area contributed by atoms with E-state index in [0.717, 1.165) is 18.4 Å². The lowest BCUT2D eigenvalue weighted by Crippen LogP contribution is -2.03. The van der Waals surface area contributed by atoms with Crippen LogP contribution in [0.15, 0.2) is 30.5 Å². The summed E-state index contributed by atoms with van der Waals surface area (Å²) in [5.74, 6) is 1.60. The third-order valence-corrected chi connectivity index (χ3v) is 3.53. The Kier molecular flexibility index (Phi) is 2.03. The maximum Gasteiger partial charge on any atom is 0.0456 e. The Morgan fingerprint density at radius 3 is 2.93 bits per heavy atom. The van der Waals surface area contributed by atoms with Crippen molar-refractivity contribution in [2.24, 2.45) is 17.6 Å². The van der Waals surface area contributed by atoms with Gasteiger partial charge < -0.3 is 10.7 Å². The highest BCUT2D eigenvalue weighted by atomic mass is 14.7. The number of rotatable bonds is 3. The molecule has 15 heavy (non-hydrogen) atoms. The molecule has 0 unspecified atom stereocenters. The summed E-state index contributed by atoms with van der Waals surface area (Å²) in [6, 6.07) is 8.50. The molecule has 0 saturated heterocycles. The van der Waals surface area contributed by atoms with E-state index < -0.39 is 0 Å². The second-order valence-corrected chi connectivity index (χ2v) is 4.56. The third kappa shape index (κ3) is 1.55. The Bertz CT molecular complexity index is 472. The van der Waals surface area contributed by atoms with Gasteiger partial charge in [0.05, 0.1) is 0 Å². The summed E-state index contributed by atoms with van der Waals surface area (Å²) in [5, 5.41) is 1.38. The van der Waals surface area contributed by atoms with Crippen molar-refractivity contribution >= 4 is 10.9 Å². The largest absolute Gasteiger partial charge is 0.361 e. The summed E-state index contributed by atoms with van der Waals surface area (Å²) in [4.78, 5) is 3.32. The van der Waals surface area contributed by atoms with E-state index in [4.69, 9.17) is 5.73 Å². The monoisotopic (exact) mass is 200 g/mol. The first-order valence-electron chi connectivity index (χ1n) is 5.63. The molecule has 0 radical (unpaired) electrons. The van der Waals surface area contributed by atoms with Crippen LogP contribution in [0.3, 0.4) is 0 Å². The van der Waals surface area contributed by atoms with Crippen LogP contribution < -0.4 is 5.73 Å². The van der Waals surface area contributed by atoms with Gasteiger partial charge >= 0.3 is 0 Å². The van der Waals surface area contributed by atoms with E-state index in [1.54, 1.807) is 0 Å². The first kappa shape index (κ1) is 8.98. The molecule has 0 bridgehead atoms. The van der Waals surface area contributed by atoms with E-state index in [1.807, 2.05) is 0 Å². The Morgan fingerprint density at radius 2 is 2.13 bits per heavy atom. The van der Waals surface area contributed by atoms with Gasteiger partial charge in [0.25, 0.3) is 0 Å². The molecular formula is C13H16N2. The smallest absolute Gasteiger partial charge is 0.0456 e. The Hall–Kier alpha value is -1.28. The average Bonchev–Trinajstić information content (AvgIpc) is 2.91. The summed E-state index contributed by atoms with van der Waals surface area (Å²) in [5.41, 5.74) is 8.36. The maximum absolute atomic E-state index is 5.66. The zero-order valence-electron chi connectivity index (χ0n) is 8.74. The molecule has 78 valence electrons. The number of aromatic nitrogens is 1. The summed E-state index contributed by atoms with van der Waals surface area (Å²) < 4.78 is 0. The summed E-state index contributed by atoms with van der Waals surface area (Å²) >= 11 is 0. The van der Waals surface area contributed by atoms with Gasteiger partial charge in [-0.25, -0.2) is 0 Å². The van der Waals surface area contributed by atoms with Crippen LogP contribution in [0.2, 0.25) is 0 Å². The Balaban J connectivity index is 1.86. The number of H-pyrrole nitrogens is 1. The van der Waals surface area contributed by atoms with Gasteiger partial charge in [0, 0.05) is 17.1 Å². The number of nitrogens with two attached hydrogens (primary N) is 1. The molecule has 0 spiro atoms. The van der Waals surface area contributed by atoms with Crippen molar-refractivity contribution in [3.05, 3.63) is 36.0 Å². The van der Waals surface area contributed by atoms with Crippen molar-refractivity contribution < 1.29 is 0 Å². The summed E-state index contributed by atoms with van der Waals surface area (Å²) in [7, 11) is 0. The van der Waals surface area contributed by atoms with Gasteiger partial charge in [0.2, 0.25) is 0 Å². The quantitative estimate of drug-likeness (QED) is 0.784. The van der Waals surface area contributed by atoms with Gasteiger partial charge in [-0.05, 0) is 42.9 Å². The van der Waals surface area contributed by atoms with Gasteiger partial charge in [0.15, 0.2) is 0 Å². The predicted octanol–water partition coefficient (Wildman–Crippen LogP) is 2.31. The van der Waals surface area contributed by atoms with Crippen LogP contribution in [0.1, 0.15) is 12.0 Å². The van der Waals surface area contributed by atoms with E-state index in [0.29, 0.717) is 0 Å². The van der Waals surface area contributed by atoms with E-state index in [9.17, 15) is 0 Å². The minimum absolute atomic E-state index is 0.777. The van der Waals surface area contributed by atoms with Gasteiger partial charge in [-0.2, -0.15) is 0 Å². The highest BCUT2D eigenvalue weighted by Crippen LogP contribution is 2.41. The first-order valence-corrected chi connectivity index (χ1v) is 5.63. The van der Waals surface area contributed by atoms with E-state index >= 15 is 0 Å². The Labute approximate surface area is 89.5 Å². The molecule has 0 amide bonds. The van der Waals surface area contributed by atoms with Crippen LogP contribution in [0.5, 0.6) is 0 Å². The second-order valence-electron chi connectivity index (χ2n) is 4.56. The van der Waals surface area contributed by atoms with Crippen LogP contribution in [-0.2, 0) is 6.42 Å². The molecule has 1 aromatic heterocycles. The number of hydrogen-bond donors (Lipinski definition) is 2. The van der Waals surface area contributed by atoms with Crippen molar-refractivity contribution in [3.8, 4) is 0 Å². The molecule has 1 saturated carbocycles. The lowest BCUT2D eigenvalue weighted by molar-refractivity contribution is 0.707. The molecule has 2 heteroatoms. The molecule has 1 aliphatic carbocycles. The van der Waals surface area contributed by atoms with E-state index in [1.165, 1.54) is 29.3 Å². The minimum atomic E-state index is 0.777. The molecule has 2 nitrogen and oxygen atoms in total. The zero-order chi connectivity index (χ0) is 10.3. The number of aromatic amines is 1. The Morgan fingerprint density at radius 1 is 1.27 bits per heavy atom. The average molecular weight is 200 g/mol. The number of hydrogen-bond acceptors (Lipinski definition) is 1. The number of para-hydroxylation sites is 1. The van der Waals surface area contributed by atoms with Crippen molar-refractivity contribution in [2.45, 2.75) is 12.8 Å². The topological polar surface area (TPSA) is 41.8 Å². The highest BCUT2D eigenvalue weighted by Gasteiger charge is 2.35. The highest BCUT2D eigenvalue weighted by molar-refractivity contribution is 5.83.